The fourth-order valence-electron chi connectivity index (χ4n) is 1.43. The Bertz CT molecular complexity index is 546. The van der Waals surface area contributed by atoms with Gasteiger partial charge in [-0.3, -0.25) is 20.0 Å². The fourth-order valence-corrected chi connectivity index (χ4v) is 1.43. The number of urea groups is 1. The van der Waals surface area contributed by atoms with E-state index in [9.17, 15) is 4.79 Å². The van der Waals surface area contributed by atoms with E-state index in [0.29, 0.717) is 12.2 Å². The van der Waals surface area contributed by atoms with Gasteiger partial charge in [0, 0.05) is 26.5 Å². The highest BCUT2D eigenvalue weighted by Gasteiger charge is 2.13. The monoisotopic (exact) mass is 261 g/mol. The molecule has 0 aliphatic carbocycles. The van der Waals surface area contributed by atoms with Crippen LogP contribution in [0.25, 0.3) is 0 Å². The van der Waals surface area contributed by atoms with Crippen LogP contribution in [0, 0.1) is 6.92 Å². The number of amides is 2. The van der Waals surface area contributed by atoms with Gasteiger partial charge in [-0.1, -0.05) is 0 Å². The lowest BCUT2D eigenvalue weighted by Crippen LogP contribution is -2.31. The highest BCUT2D eigenvalue weighted by molar-refractivity contribution is 5.87. The molecule has 0 unspecified atom stereocenters. The molecule has 2 amide bonds. The van der Waals surface area contributed by atoms with Gasteiger partial charge in [-0.05, 0) is 6.92 Å². The lowest BCUT2D eigenvalue weighted by molar-refractivity contribution is 0.220. The third kappa shape index (κ3) is 3.24. The van der Waals surface area contributed by atoms with Crippen molar-refractivity contribution < 1.29 is 4.79 Å². The Labute approximate surface area is 110 Å². The molecule has 0 aromatic carbocycles. The first kappa shape index (κ1) is 12.9. The summed E-state index contributed by atoms with van der Waals surface area (Å²) in [5, 5.41) is 6.68. The van der Waals surface area contributed by atoms with Crippen molar-refractivity contribution in [1.82, 2.24) is 29.6 Å². The minimum Gasteiger partial charge on any atom is -0.322 e. The molecular formula is C11H15N7O. The van der Waals surface area contributed by atoms with Crippen LogP contribution in [0.4, 0.5) is 10.7 Å². The first-order valence-corrected chi connectivity index (χ1v) is 5.71. The fraction of sp³-hybridized carbons (Fsp3) is 0.364. The zero-order chi connectivity index (χ0) is 13.8. The topological polar surface area (TPSA) is 88.8 Å². The molecule has 0 aliphatic heterocycles. The second kappa shape index (κ2) is 5.42. The quantitative estimate of drug-likeness (QED) is 0.872. The van der Waals surface area contributed by atoms with Crippen molar-refractivity contribution >= 4 is 12.0 Å². The third-order valence-electron chi connectivity index (χ3n) is 2.56. The van der Waals surface area contributed by atoms with Crippen LogP contribution in [0.2, 0.25) is 0 Å². The van der Waals surface area contributed by atoms with E-state index < -0.39 is 0 Å². The summed E-state index contributed by atoms with van der Waals surface area (Å²) in [6.07, 6.45) is 4.79. The van der Waals surface area contributed by atoms with Gasteiger partial charge in [0.25, 0.3) is 0 Å². The summed E-state index contributed by atoms with van der Waals surface area (Å²) in [7, 11) is 3.43. The standard InChI is InChI=1S/C11H15N7O/c1-8-14-10(16-18(8)3)15-11(19)17(2)7-9-6-12-4-5-13-9/h4-6H,7H2,1-3H3,(H,15,16,19). The average Bonchev–Trinajstić information content (AvgIpc) is 2.69. The van der Waals surface area contributed by atoms with E-state index in [-0.39, 0.29) is 12.0 Å². The summed E-state index contributed by atoms with van der Waals surface area (Å²) in [4.78, 5) is 25.6. The van der Waals surface area contributed by atoms with Gasteiger partial charge in [-0.25, -0.2) is 4.79 Å². The molecule has 0 saturated carbocycles. The van der Waals surface area contributed by atoms with Crippen molar-refractivity contribution in [1.29, 1.82) is 0 Å². The Kier molecular flexibility index (Phi) is 3.69. The lowest BCUT2D eigenvalue weighted by atomic mass is 10.4. The number of aromatic nitrogens is 5. The summed E-state index contributed by atoms with van der Waals surface area (Å²) in [6.45, 7) is 2.18. The number of rotatable bonds is 3. The maximum absolute atomic E-state index is 11.9. The number of carbonyl (C=O) groups is 1. The van der Waals surface area contributed by atoms with E-state index >= 15 is 0 Å². The van der Waals surface area contributed by atoms with E-state index in [2.05, 4.69) is 25.4 Å². The summed E-state index contributed by atoms with van der Waals surface area (Å²) in [6, 6.07) is -0.295. The summed E-state index contributed by atoms with van der Waals surface area (Å²) < 4.78 is 1.60. The SMILES string of the molecule is Cc1nc(NC(=O)N(C)Cc2cnccn2)nn1C. The van der Waals surface area contributed by atoms with Gasteiger partial charge in [-0.15, -0.1) is 5.10 Å². The van der Waals surface area contributed by atoms with Crippen molar-refractivity contribution in [2.45, 2.75) is 13.5 Å². The van der Waals surface area contributed by atoms with E-state index in [4.69, 9.17) is 0 Å². The molecule has 0 bridgehead atoms. The van der Waals surface area contributed by atoms with E-state index in [1.54, 1.807) is 37.4 Å². The molecule has 0 aliphatic rings. The van der Waals surface area contributed by atoms with Gasteiger partial charge in [0.05, 0.1) is 18.4 Å². The number of nitrogens with one attached hydrogen (secondary N) is 1. The average molecular weight is 261 g/mol. The molecule has 8 heteroatoms. The van der Waals surface area contributed by atoms with Crippen LogP contribution in [-0.4, -0.2) is 42.7 Å². The van der Waals surface area contributed by atoms with Gasteiger partial charge in [0.2, 0.25) is 5.95 Å². The number of hydrogen-bond donors (Lipinski definition) is 1. The molecule has 2 heterocycles. The number of aryl methyl sites for hydroxylation is 2. The zero-order valence-electron chi connectivity index (χ0n) is 11.0. The predicted molar refractivity (Wildman–Crippen MR) is 68.3 cm³/mol. The lowest BCUT2D eigenvalue weighted by Gasteiger charge is -2.15. The molecule has 1 N–H and O–H groups in total. The first-order chi connectivity index (χ1) is 9.06. The molecule has 0 atom stereocenters. The molecule has 2 rings (SSSR count). The maximum Gasteiger partial charge on any atom is 0.324 e. The molecule has 0 saturated heterocycles. The summed E-state index contributed by atoms with van der Waals surface area (Å²) in [5.41, 5.74) is 0.713. The second-order valence-electron chi connectivity index (χ2n) is 4.09. The third-order valence-corrected chi connectivity index (χ3v) is 2.56. The molecule has 2 aromatic heterocycles. The van der Waals surface area contributed by atoms with Crippen LogP contribution in [0.5, 0.6) is 0 Å². The smallest absolute Gasteiger partial charge is 0.322 e. The summed E-state index contributed by atoms with van der Waals surface area (Å²) in [5.74, 6) is 1.02. The van der Waals surface area contributed by atoms with Crippen molar-refractivity contribution in [3.8, 4) is 0 Å². The van der Waals surface area contributed by atoms with E-state index in [1.807, 2.05) is 6.92 Å². The summed E-state index contributed by atoms with van der Waals surface area (Å²) >= 11 is 0. The number of carbonyl (C=O) groups excluding carboxylic acids is 1. The van der Waals surface area contributed by atoms with E-state index in [0.717, 1.165) is 5.82 Å². The van der Waals surface area contributed by atoms with Gasteiger partial charge in [-0.2, -0.15) is 4.98 Å². The van der Waals surface area contributed by atoms with Crippen LogP contribution in [-0.2, 0) is 13.6 Å². The largest absolute Gasteiger partial charge is 0.324 e. The van der Waals surface area contributed by atoms with Gasteiger partial charge >= 0.3 is 6.03 Å². The maximum atomic E-state index is 11.9. The zero-order valence-corrected chi connectivity index (χ0v) is 11.0. The number of anilines is 1. The first-order valence-electron chi connectivity index (χ1n) is 5.71. The van der Waals surface area contributed by atoms with Crippen LogP contribution < -0.4 is 5.32 Å². The Morgan fingerprint density at radius 1 is 1.47 bits per heavy atom. The molecular weight excluding hydrogens is 246 g/mol. The molecule has 0 fully saturated rings. The highest BCUT2D eigenvalue weighted by atomic mass is 16.2. The molecule has 0 spiro atoms. The minimum absolute atomic E-state index is 0.288. The Morgan fingerprint density at radius 3 is 2.84 bits per heavy atom. The second-order valence-corrected chi connectivity index (χ2v) is 4.09. The number of nitrogens with zero attached hydrogens (tertiary/aromatic N) is 6. The van der Waals surface area contributed by atoms with Gasteiger partial charge in [0.15, 0.2) is 0 Å². The van der Waals surface area contributed by atoms with Crippen molar-refractivity contribution in [2.75, 3.05) is 12.4 Å². The molecule has 19 heavy (non-hydrogen) atoms. The van der Waals surface area contributed by atoms with Crippen molar-refractivity contribution in [3.05, 3.63) is 30.1 Å². The van der Waals surface area contributed by atoms with E-state index in [1.165, 1.54) is 4.90 Å². The van der Waals surface area contributed by atoms with Crippen molar-refractivity contribution in [3.63, 3.8) is 0 Å². The Balaban J connectivity index is 1.96. The molecule has 2 aromatic rings. The predicted octanol–water partition coefficient (Wildman–Crippen LogP) is 0.577. The Morgan fingerprint density at radius 2 is 2.26 bits per heavy atom. The molecule has 0 radical (unpaired) electrons. The highest BCUT2D eigenvalue weighted by Crippen LogP contribution is 2.03. The van der Waals surface area contributed by atoms with Crippen LogP contribution in [0.3, 0.4) is 0 Å². The van der Waals surface area contributed by atoms with Crippen LogP contribution in [0.1, 0.15) is 11.5 Å². The van der Waals surface area contributed by atoms with Crippen molar-refractivity contribution in [2.24, 2.45) is 7.05 Å². The normalized spacial score (nSPS) is 10.3. The van der Waals surface area contributed by atoms with Gasteiger partial charge < -0.3 is 4.90 Å². The Hall–Kier alpha value is -2.51. The number of hydrogen-bond acceptors (Lipinski definition) is 5. The van der Waals surface area contributed by atoms with Gasteiger partial charge in [0.1, 0.15) is 5.82 Å². The van der Waals surface area contributed by atoms with Crippen LogP contribution >= 0.6 is 0 Å². The minimum atomic E-state index is -0.295. The molecule has 100 valence electrons. The van der Waals surface area contributed by atoms with Crippen LogP contribution in [0.15, 0.2) is 18.6 Å². The molecule has 8 nitrogen and oxygen atoms in total.